The summed E-state index contributed by atoms with van der Waals surface area (Å²) in [5.41, 5.74) is 0.312. The van der Waals surface area contributed by atoms with Gasteiger partial charge in [-0.25, -0.2) is 17.8 Å². The van der Waals surface area contributed by atoms with Crippen molar-refractivity contribution in [1.82, 2.24) is 14.9 Å². The van der Waals surface area contributed by atoms with Gasteiger partial charge >= 0.3 is 6.55 Å². The summed E-state index contributed by atoms with van der Waals surface area (Å²) >= 11 is 0. The largest absolute Gasteiger partial charge is 0.342 e. The molecular formula is C23H19F3N4O3S. The van der Waals surface area contributed by atoms with Crippen LogP contribution in [0.1, 0.15) is 35.7 Å². The molecule has 0 saturated heterocycles. The highest BCUT2D eigenvalue weighted by atomic mass is 32.2. The van der Waals surface area contributed by atoms with Gasteiger partial charge in [0.05, 0.1) is 27.7 Å². The molecule has 0 saturated carbocycles. The van der Waals surface area contributed by atoms with Crippen molar-refractivity contribution in [3.63, 3.8) is 0 Å². The van der Waals surface area contributed by atoms with Crippen LogP contribution in [0.3, 0.4) is 0 Å². The summed E-state index contributed by atoms with van der Waals surface area (Å²) in [6.07, 6.45) is 0. The van der Waals surface area contributed by atoms with E-state index in [1.807, 2.05) is 0 Å². The highest BCUT2D eigenvalue weighted by Crippen LogP contribution is 2.27. The molecule has 1 atom stereocenters. The van der Waals surface area contributed by atoms with E-state index in [0.717, 1.165) is 16.7 Å². The first kappa shape index (κ1) is 23.3. The number of anilines is 1. The lowest BCUT2D eigenvalue weighted by Gasteiger charge is -2.16. The Hall–Kier alpha value is -3.86. The Bertz CT molecular complexity index is 1470. The number of aromatic nitrogens is 2. The van der Waals surface area contributed by atoms with Gasteiger partial charge in [-0.05, 0) is 49.4 Å². The standard InChI is InChI=1S/C23H19F3N4O3S/c1-14(21-28-19-11-4-5-12-20(19)30(21)23(25)26)27-22(31)15-7-6-8-16(13-15)34(32,33)29-18-10-3-2-9-17(18)24/h2-14,23,29H,1H3,(H,27,31). The molecule has 2 N–H and O–H groups in total. The molecule has 34 heavy (non-hydrogen) atoms. The number of nitrogens with one attached hydrogen (secondary N) is 2. The number of fused-ring (bicyclic) bond motifs is 1. The van der Waals surface area contributed by atoms with Crippen LogP contribution in [0.5, 0.6) is 0 Å². The van der Waals surface area contributed by atoms with Crippen LogP contribution in [-0.4, -0.2) is 23.9 Å². The van der Waals surface area contributed by atoms with E-state index in [0.29, 0.717) is 5.52 Å². The molecule has 7 nitrogen and oxygen atoms in total. The van der Waals surface area contributed by atoms with Crippen LogP contribution in [0.2, 0.25) is 0 Å². The zero-order valence-corrected chi connectivity index (χ0v) is 18.6. The van der Waals surface area contributed by atoms with Crippen molar-refractivity contribution in [2.24, 2.45) is 0 Å². The number of imidazole rings is 1. The van der Waals surface area contributed by atoms with Gasteiger partial charge in [-0.2, -0.15) is 8.78 Å². The molecular weight excluding hydrogens is 469 g/mol. The number of rotatable bonds is 7. The maximum Gasteiger partial charge on any atom is 0.320 e. The lowest BCUT2D eigenvalue weighted by atomic mass is 10.2. The van der Waals surface area contributed by atoms with Crippen LogP contribution < -0.4 is 10.0 Å². The highest BCUT2D eigenvalue weighted by molar-refractivity contribution is 7.92. The third kappa shape index (κ3) is 4.60. The fraction of sp³-hybridized carbons (Fsp3) is 0.130. The first-order valence-electron chi connectivity index (χ1n) is 10.1. The van der Waals surface area contributed by atoms with E-state index >= 15 is 0 Å². The molecule has 11 heteroatoms. The number of sulfonamides is 1. The Morgan fingerprint density at radius 2 is 1.71 bits per heavy atom. The van der Waals surface area contributed by atoms with Gasteiger partial charge in [0.1, 0.15) is 11.6 Å². The van der Waals surface area contributed by atoms with E-state index < -0.39 is 34.3 Å². The van der Waals surface area contributed by atoms with Crippen LogP contribution >= 0.6 is 0 Å². The molecule has 0 fully saturated rings. The van der Waals surface area contributed by atoms with Crippen molar-refractivity contribution >= 4 is 32.7 Å². The molecule has 176 valence electrons. The van der Waals surface area contributed by atoms with Crippen molar-refractivity contribution in [1.29, 1.82) is 0 Å². The number of hydrogen-bond acceptors (Lipinski definition) is 4. The fourth-order valence-corrected chi connectivity index (χ4v) is 4.58. The van der Waals surface area contributed by atoms with Crippen molar-refractivity contribution < 1.29 is 26.4 Å². The quantitative estimate of drug-likeness (QED) is 0.389. The van der Waals surface area contributed by atoms with Crippen LogP contribution in [0.4, 0.5) is 18.9 Å². The molecule has 1 unspecified atom stereocenters. The number of hydrogen-bond donors (Lipinski definition) is 2. The summed E-state index contributed by atoms with van der Waals surface area (Å²) in [6.45, 7) is -1.38. The number of nitrogens with zero attached hydrogens (tertiary/aromatic N) is 2. The lowest BCUT2D eigenvalue weighted by molar-refractivity contribution is 0.0688. The average Bonchev–Trinajstić information content (AvgIpc) is 3.21. The molecule has 0 aliphatic carbocycles. The molecule has 0 bridgehead atoms. The number of carbonyl (C=O) groups is 1. The lowest BCUT2D eigenvalue weighted by Crippen LogP contribution is -2.29. The molecule has 4 aromatic rings. The Kier molecular flexibility index (Phi) is 6.29. The molecule has 1 amide bonds. The molecule has 3 aromatic carbocycles. The smallest absolute Gasteiger partial charge is 0.320 e. The van der Waals surface area contributed by atoms with E-state index in [4.69, 9.17) is 0 Å². The first-order valence-corrected chi connectivity index (χ1v) is 11.6. The molecule has 0 aliphatic rings. The van der Waals surface area contributed by atoms with Crippen LogP contribution in [0.25, 0.3) is 11.0 Å². The number of para-hydroxylation sites is 3. The number of carbonyl (C=O) groups excluding carboxylic acids is 1. The third-order valence-corrected chi connectivity index (χ3v) is 6.44. The van der Waals surface area contributed by atoms with Gasteiger partial charge < -0.3 is 5.32 Å². The van der Waals surface area contributed by atoms with E-state index in [9.17, 15) is 26.4 Å². The Balaban J connectivity index is 1.58. The third-order valence-electron chi connectivity index (χ3n) is 5.08. The Labute approximate surface area is 193 Å². The summed E-state index contributed by atoms with van der Waals surface area (Å²) in [5, 5.41) is 2.58. The van der Waals surface area contributed by atoms with E-state index in [2.05, 4.69) is 15.0 Å². The normalized spacial score (nSPS) is 12.6. The first-order chi connectivity index (χ1) is 16.2. The monoisotopic (exact) mass is 488 g/mol. The van der Waals surface area contributed by atoms with Crippen molar-refractivity contribution in [3.05, 3.63) is 90.0 Å². The molecule has 1 heterocycles. The fourth-order valence-electron chi connectivity index (χ4n) is 3.47. The van der Waals surface area contributed by atoms with Gasteiger partial charge in [-0.1, -0.05) is 30.3 Å². The summed E-state index contributed by atoms with van der Waals surface area (Å²) in [7, 11) is -4.19. The second-order valence-electron chi connectivity index (χ2n) is 7.41. The van der Waals surface area contributed by atoms with Gasteiger partial charge in [0.2, 0.25) is 0 Å². The van der Waals surface area contributed by atoms with E-state index in [1.165, 1.54) is 49.4 Å². The summed E-state index contributed by atoms with van der Waals surface area (Å²) in [4.78, 5) is 16.8. The molecule has 4 rings (SSSR count). The van der Waals surface area contributed by atoms with Gasteiger partial charge in [0.25, 0.3) is 15.9 Å². The second-order valence-corrected chi connectivity index (χ2v) is 9.10. The van der Waals surface area contributed by atoms with Gasteiger partial charge in [-0.3, -0.25) is 14.1 Å². The number of alkyl halides is 2. The van der Waals surface area contributed by atoms with Crippen LogP contribution in [0, 0.1) is 5.82 Å². The summed E-state index contributed by atoms with van der Waals surface area (Å²) in [5.74, 6) is -1.49. The molecule has 0 spiro atoms. The maximum atomic E-state index is 13.9. The predicted octanol–water partition coefficient (Wildman–Crippen LogP) is 4.86. The molecule has 0 aliphatic heterocycles. The number of benzene rings is 3. The number of amides is 1. The average molecular weight is 488 g/mol. The zero-order valence-electron chi connectivity index (χ0n) is 17.7. The maximum absolute atomic E-state index is 13.9. The summed E-state index contributed by atoms with van der Waals surface area (Å²) < 4.78 is 69.5. The van der Waals surface area contributed by atoms with Crippen molar-refractivity contribution in [2.45, 2.75) is 24.4 Å². The van der Waals surface area contributed by atoms with E-state index in [1.54, 1.807) is 18.2 Å². The van der Waals surface area contributed by atoms with Crippen LogP contribution in [0.15, 0.2) is 77.7 Å². The Morgan fingerprint density at radius 1 is 1.00 bits per heavy atom. The zero-order chi connectivity index (χ0) is 24.5. The van der Waals surface area contributed by atoms with Gasteiger partial charge in [0.15, 0.2) is 0 Å². The molecule has 0 radical (unpaired) electrons. The van der Waals surface area contributed by atoms with Gasteiger partial charge in [-0.15, -0.1) is 0 Å². The minimum atomic E-state index is -4.19. The van der Waals surface area contributed by atoms with Gasteiger partial charge in [0, 0.05) is 5.56 Å². The summed E-state index contributed by atoms with van der Waals surface area (Å²) in [6, 6.07) is 15.8. The highest BCUT2D eigenvalue weighted by Gasteiger charge is 2.24. The second kappa shape index (κ2) is 9.18. The minimum absolute atomic E-state index is 0.0250. The Morgan fingerprint density at radius 3 is 2.44 bits per heavy atom. The predicted molar refractivity (Wildman–Crippen MR) is 121 cm³/mol. The van der Waals surface area contributed by atoms with Crippen molar-refractivity contribution in [2.75, 3.05) is 4.72 Å². The van der Waals surface area contributed by atoms with Crippen molar-refractivity contribution in [3.8, 4) is 0 Å². The SMILES string of the molecule is CC(NC(=O)c1cccc(S(=O)(=O)Nc2ccccc2F)c1)c1nc2ccccc2n1C(F)F. The topological polar surface area (TPSA) is 93.1 Å². The minimum Gasteiger partial charge on any atom is -0.342 e. The molecule has 1 aromatic heterocycles. The number of halogens is 3. The van der Waals surface area contributed by atoms with E-state index in [-0.39, 0.29) is 27.5 Å². The van der Waals surface area contributed by atoms with Crippen LogP contribution in [-0.2, 0) is 10.0 Å².